The van der Waals surface area contributed by atoms with Gasteiger partial charge in [0, 0.05) is 35.8 Å². The van der Waals surface area contributed by atoms with Gasteiger partial charge in [0.2, 0.25) is 0 Å². The fourth-order valence-corrected chi connectivity index (χ4v) is 3.17. The van der Waals surface area contributed by atoms with E-state index in [0.29, 0.717) is 12.1 Å². The number of halogens is 1. The maximum absolute atomic E-state index is 10.7. The van der Waals surface area contributed by atoms with Gasteiger partial charge in [-0.05, 0) is 34.5 Å². The van der Waals surface area contributed by atoms with Gasteiger partial charge in [-0.25, -0.2) is 4.98 Å². The molecule has 1 aromatic heterocycles. The number of carbonyl (C=O) groups is 1. The molecule has 2 aliphatic heterocycles. The second kappa shape index (κ2) is 4.51. The number of aliphatic carboxylic acids is 1. The minimum Gasteiger partial charge on any atom is -0.480 e. The van der Waals surface area contributed by atoms with Crippen molar-refractivity contribution in [2.24, 2.45) is 0 Å². The van der Waals surface area contributed by atoms with E-state index < -0.39 is 5.97 Å². The summed E-state index contributed by atoms with van der Waals surface area (Å²) >= 11 is 3.38. The molecule has 2 saturated heterocycles. The normalized spacial score (nSPS) is 26.8. The van der Waals surface area contributed by atoms with E-state index in [-0.39, 0.29) is 6.54 Å². The molecule has 0 aromatic carbocycles. The van der Waals surface area contributed by atoms with Crippen molar-refractivity contribution in [2.75, 3.05) is 24.5 Å². The zero-order valence-electron chi connectivity index (χ0n) is 9.79. The predicted molar refractivity (Wildman–Crippen MR) is 70.7 cm³/mol. The quantitative estimate of drug-likeness (QED) is 0.909. The molecule has 18 heavy (non-hydrogen) atoms. The van der Waals surface area contributed by atoms with Crippen LogP contribution in [0.2, 0.25) is 0 Å². The molecule has 0 amide bonds. The van der Waals surface area contributed by atoms with Gasteiger partial charge < -0.3 is 10.0 Å². The third-order valence-corrected chi connectivity index (χ3v) is 4.17. The van der Waals surface area contributed by atoms with E-state index in [1.54, 1.807) is 6.20 Å². The largest absolute Gasteiger partial charge is 0.480 e. The number of aromatic nitrogens is 1. The third-order valence-electron chi connectivity index (χ3n) is 3.70. The van der Waals surface area contributed by atoms with Crippen LogP contribution in [0.4, 0.5) is 5.82 Å². The van der Waals surface area contributed by atoms with Crippen LogP contribution in [0.3, 0.4) is 0 Å². The summed E-state index contributed by atoms with van der Waals surface area (Å²) in [7, 11) is 0. The molecule has 5 nitrogen and oxygen atoms in total. The predicted octanol–water partition coefficient (Wildman–Crippen LogP) is 1.19. The molecule has 1 aromatic rings. The number of fused-ring (bicyclic) bond motifs is 2. The van der Waals surface area contributed by atoms with Crippen LogP contribution in [0.1, 0.15) is 6.42 Å². The number of nitrogens with zero attached hydrogens (tertiary/aromatic N) is 3. The standard InChI is InChI=1S/C12H14BrN3O2/c13-8-1-2-11(14-4-8)16-6-9-3-10(16)5-15(9)7-12(17)18/h1-2,4,9-10H,3,5-7H2,(H,17,18)/t9-,10-/m0/s1. The van der Waals surface area contributed by atoms with Crippen LogP contribution in [0.25, 0.3) is 0 Å². The fraction of sp³-hybridized carbons (Fsp3) is 0.500. The van der Waals surface area contributed by atoms with Crippen LogP contribution in [0.5, 0.6) is 0 Å². The van der Waals surface area contributed by atoms with Crippen molar-refractivity contribution in [3.8, 4) is 0 Å². The summed E-state index contributed by atoms with van der Waals surface area (Å²) in [4.78, 5) is 19.5. The van der Waals surface area contributed by atoms with Gasteiger partial charge in [-0.2, -0.15) is 0 Å². The molecule has 0 spiro atoms. The molecule has 2 fully saturated rings. The molecular formula is C12H14BrN3O2. The van der Waals surface area contributed by atoms with Crippen LogP contribution >= 0.6 is 15.9 Å². The monoisotopic (exact) mass is 311 g/mol. The van der Waals surface area contributed by atoms with Crippen molar-refractivity contribution in [1.82, 2.24) is 9.88 Å². The summed E-state index contributed by atoms with van der Waals surface area (Å²) in [6.07, 6.45) is 2.85. The second-order valence-electron chi connectivity index (χ2n) is 4.85. The van der Waals surface area contributed by atoms with E-state index >= 15 is 0 Å². The van der Waals surface area contributed by atoms with E-state index in [0.717, 1.165) is 29.8 Å². The first-order valence-corrected chi connectivity index (χ1v) is 6.77. The Labute approximate surface area is 114 Å². The number of piperazine rings is 1. The van der Waals surface area contributed by atoms with Crippen molar-refractivity contribution in [3.63, 3.8) is 0 Å². The average Bonchev–Trinajstić information content (AvgIpc) is 2.88. The maximum Gasteiger partial charge on any atom is 0.317 e. The van der Waals surface area contributed by atoms with Gasteiger partial charge in [0.1, 0.15) is 5.82 Å². The first-order valence-electron chi connectivity index (χ1n) is 5.97. The third kappa shape index (κ3) is 2.10. The van der Waals surface area contributed by atoms with E-state index in [2.05, 4.69) is 30.7 Å². The molecule has 3 rings (SSSR count). The molecule has 0 radical (unpaired) electrons. The zero-order valence-corrected chi connectivity index (χ0v) is 11.4. The van der Waals surface area contributed by atoms with Crippen molar-refractivity contribution < 1.29 is 9.90 Å². The summed E-state index contributed by atoms with van der Waals surface area (Å²) in [5, 5.41) is 8.84. The van der Waals surface area contributed by atoms with Crippen LogP contribution < -0.4 is 4.90 Å². The summed E-state index contributed by atoms with van der Waals surface area (Å²) in [5.74, 6) is 0.247. The first kappa shape index (κ1) is 11.9. The molecule has 6 heteroatoms. The lowest BCUT2D eigenvalue weighted by Gasteiger charge is -2.34. The fourth-order valence-electron chi connectivity index (χ4n) is 2.94. The van der Waals surface area contributed by atoms with Gasteiger partial charge in [-0.3, -0.25) is 9.69 Å². The number of hydrogen-bond acceptors (Lipinski definition) is 4. The van der Waals surface area contributed by atoms with Crippen LogP contribution in [-0.4, -0.2) is 52.7 Å². The highest BCUT2D eigenvalue weighted by molar-refractivity contribution is 9.10. The topological polar surface area (TPSA) is 56.7 Å². The first-order chi connectivity index (χ1) is 8.63. The van der Waals surface area contributed by atoms with Gasteiger partial charge in [0.15, 0.2) is 0 Å². The smallest absolute Gasteiger partial charge is 0.317 e. The Kier molecular flexibility index (Phi) is 2.99. The van der Waals surface area contributed by atoms with Crippen LogP contribution in [-0.2, 0) is 4.79 Å². The van der Waals surface area contributed by atoms with Gasteiger partial charge in [0.05, 0.1) is 6.54 Å². The molecular weight excluding hydrogens is 298 g/mol. The highest BCUT2D eigenvalue weighted by Gasteiger charge is 2.44. The lowest BCUT2D eigenvalue weighted by atomic mass is 10.2. The summed E-state index contributed by atoms with van der Waals surface area (Å²) in [6, 6.07) is 4.76. The molecule has 2 atom stereocenters. The zero-order chi connectivity index (χ0) is 12.7. The van der Waals surface area contributed by atoms with Gasteiger partial charge in [-0.15, -0.1) is 0 Å². The highest BCUT2D eigenvalue weighted by atomic mass is 79.9. The number of anilines is 1. The Morgan fingerprint density at radius 1 is 1.44 bits per heavy atom. The Balaban J connectivity index is 1.70. The number of hydrogen-bond donors (Lipinski definition) is 1. The Morgan fingerprint density at radius 2 is 2.28 bits per heavy atom. The molecule has 96 valence electrons. The lowest BCUT2D eigenvalue weighted by Crippen LogP contribution is -2.48. The van der Waals surface area contributed by atoms with E-state index in [1.807, 2.05) is 12.1 Å². The van der Waals surface area contributed by atoms with E-state index in [4.69, 9.17) is 5.11 Å². The second-order valence-corrected chi connectivity index (χ2v) is 5.77. The summed E-state index contributed by atoms with van der Waals surface area (Å²) in [5.41, 5.74) is 0. The minimum atomic E-state index is -0.740. The van der Waals surface area contributed by atoms with Crippen molar-refractivity contribution in [1.29, 1.82) is 0 Å². The van der Waals surface area contributed by atoms with Gasteiger partial charge >= 0.3 is 5.97 Å². The van der Waals surface area contributed by atoms with Crippen molar-refractivity contribution >= 4 is 27.7 Å². The summed E-state index contributed by atoms with van der Waals surface area (Å²) < 4.78 is 0.975. The number of likely N-dealkylation sites (tertiary alicyclic amines) is 1. The average molecular weight is 312 g/mol. The Morgan fingerprint density at radius 3 is 2.83 bits per heavy atom. The molecule has 0 aliphatic carbocycles. The van der Waals surface area contributed by atoms with Crippen molar-refractivity contribution in [2.45, 2.75) is 18.5 Å². The maximum atomic E-state index is 10.7. The molecule has 2 bridgehead atoms. The molecule has 0 saturated carbocycles. The Hall–Kier alpha value is -1.14. The van der Waals surface area contributed by atoms with Gasteiger partial charge in [0.25, 0.3) is 0 Å². The SMILES string of the molecule is O=C(O)CN1C[C@@H]2C[C@H]1CN2c1ccc(Br)cn1. The van der Waals surface area contributed by atoms with Crippen LogP contribution in [0, 0.1) is 0 Å². The highest BCUT2D eigenvalue weighted by Crippen LogP contribution is 2.33. The molecule has 3 heterocycles. The summed E-state index contributed by atoms with van der Waals surface area (Å²) in [6.45, 7) is 1.87. The number of pyridine rings is 1. The minimum absolute atomic E-state index is 0.156. The van der Waals surface area contributed by atoms with Crippen molar-refractivity contribution in [3.05, 3.63) is 22.8 Å². The number of carboxylic acids is 1. The van der Waals surface area contributed by atoms with E-state index in [1.165, 1.54) is 0 Å². The molecule has 1 N–H and O–H groups in total. The molecule has 0 unspecified atom stereocenters. The van der Waals surface area contributed by atoms with Crippen LogP contribution in [0.15, 0.2) is 22.8 Å². The number of carboxylic acid groups (broad SMARTS) is 1. The lowest BCUT2D eigenvalue weighted by molar-refractivity contribution is -0.138. The Bertz CT molecular complexity index is 465. The van der Waals surface area contributed by atoms with Gasteiger partial charge in [-0.1, -0.05) is 0 Å². The van der Waals surface area contributed by atoms with E-state index in [9.17, 15) is 4.79 Å². The molecule has 2 aliphatic rings. The number of rotatable bonds is 3.